The Bertz CT molecular complexity index is 396. The SMILES string of the molecule is CCCNc1cnc(CN2CC3CCC(C2)O3)cn1. The van der Waals surface area contributed by atoms with E-state index in [0.29, 0.717) is 12.2 Å². The van der Waals surface area contributed by atoms with E-state index >= 15 is 0 Å². The maximum Gasteiger partial charge on any atom is 0.144 e. The number of aromatic nitrogens is 2. The van der Waals surface area contributed by atoms with E-state index in [-0.39, 0.29) is 0 Å². The molecule has 2 atom stereocenters. The Balaban J connectivity index is 1.54. The normalized spacial score (nSPS) is 26.6. The van der Waals surface area contributed by atoms with Gasteiger partial charge in [0.05, 0.1) is 30.3 Å². The molecule has 0 radical (unpaired) electrons. The molecule has 2 unspecified atom stereocenters. The third-order valence-electron chi connectivity index (χ3n) is 3.77. The molecule has 0 spiro atoms. The van der Waals surface area contributed by atoms with Crippen LogP contribution in [0.4, 0.5) is 5.82 Å². The molecule has 0 amide bonds. The van der Waals surface area contributed by atoms with Crippen molar-refractivity contribution in [1.82, 2.24) is 14.9 Å². The number of ether oxygens (including phenoxy) is 1. The minimum atomic E-state index is 0.442. The zero-order valence-electron chi connectivity index (χ0n) is 11.5. The molecule has 1 aromatic rings. The monoisotopic (exact) mass is 262 g/mol. The van der Waals surface area contributed by atoms with Gasteiger partial charge in [-0.1, -0.05) is 6.92 Å². The predicted octanol–water partition coefficient (Wildman–Crippen LogP) is 1.66. The predicted molar refractivity (Wildman–Crippen MR) is 74.0 cm³/mol. The van der Waals surface area contributed by atoms with E-state index in [2.05, 4.69) is 27.1 Å². The molecule has 1 N–H and O–H groups in total. The third-order valence-corrected chi connectivity index (χ3v) is 3.77. The lowest BCUT2D eigenvalue weighted by atomic mass is 10.2. The Morgan fingerprint density at radius 1 is 1.26 bits per heavy atom. The summed E-state index contributed by atoms with van der Waals surface area (Å²) < 4.78 is 5.84. The smallest absolute Gasteiger partial charge is 0.144 e. The molecular formula is C14H22N4O. The van der Waals surface area contributed by atoms with Crippen LogP contribution in [0.5, 0.6) is 0 Å². The molecule has 0 aliphatic carbocycles. The van der Waals surface area contributed by atoms with E-state index in [9.17, 15) is 0 Å². The second kappa shape index (κ2) is 5.84. The first-order valence-corrected chi connectivity index (χ1v) is 7.26. The van der Waals surface area contributed by atoms with Crippen LogP contribution < -0.4 is 5.32 Å². The average Bonchev–Trinajstić information content (AvgIpc) is 2.77. The van der Waals surface area contributed by atoms with Gasteiger partial charge in [-0.05, 0) is 19.3 Å². The lowest BCUT2D eigenvalue weighted by Crippen LogP contribution is -2.42. The molecular weight excluding hydrogens is 240 g/mol. The number of anilines is 1. The molecule has 5 heteroatoms. The molecule has 0 aromatic carbocycles. The van der Waals surface area contributed by atoms with Crippen molar-refractivity contribution in [2.45, 2.75) is 44.9 Å². The first kappa shape index (κ1) is 12.8. The number of rotatable bonds is 5. The second-order valence-electron chi connectivity index (χ2n) is 5.47. The van der Waals surface area contributed by atoms with Gasteiger partial charge in [0.2, 0.25) is 0 Å². The molecule has 2 aliphatic heterocycles. The van der Waals surface area contributed by atoms with Gasteiger partial charge < -0.3 is 10.1 Å². The van der Waals surface area contributed by atoms with E-state index in [0.717, 1.165) is 44.1 Å². The molecule has 19 heavy (non-hydrogen) atoms. The van der Waals surface area contributed by atoms with Crippen LogP contribution in [0.1, 0.15) is 31.9 Å². The molecule has 2 saturated heterocycles. The van der Waals surface area contributed by atoms with Gasteiger partial charge in [-0.25, -0.2) is 4.98 Å². The largest absolute Gasteiger partial charge is 0.372 e. The second-order valence-corrected chi connectivity index (χ2v) is 5.47. The molecule has 3 rings (SSSR count). The number of nitrogens with one attached hydrogen (secondary N) is 1. The number of hydrogen-bond acceptors (Lipinski definition) is 5. The van der Waals surface area contributed by atoms with Crippen LogP contribution in [0.3, 0.4) is 0 Å². The molecule has 2 aliphatic rings. The number of nitrogens with zero attached hydrogens (tertiary/aromatic N) is 3. The Morgan fingerprint density at radius 2 is 2.05 bits per heavy atom. The topological polar surface area (TPSA) is 50.3 Å². The molecule has 2 bridgehead atoms. The zero-order chi connectivity index (χ0) is 13.1. The van der Waals surface area contributed by atoms with E-state index in [4.69, 9.17) is 4.74 Å². The summed E-state index contributed by atoms with van der Waals surface area (Å²) in [5, 5.41) is 3.24. The van der Waals surface area contributed by atoms with Crippen molar-refractivity contribution in [3.05, 3.63) is 18.1 Å². The van der Waals surface area contributed by atoms with Gasteiger partial charge in [-0.3, -0.25) is 9.88 Å². The molecule has 2 fully saturated rings. The van der Waals surface area contributed by atoms with Crippen molar-refractivity contribution >= 4 is 5.82 Å². The summed E-state index contributed by atoms with van der Waals surface area (Å²) in [7, 11) is 0. The van der Waals surface area contributed by atoms with Gasteiger partial charge in [0, 0.05) is 26.2 Å². The Kier molecular flexibility index (Phi) is 3.94. The van der Waals surface area contributed by atoms with Gasteiger partial charge in [0.25, 0.3) is 0 Å². The number of hydrogen-bond donors (Lipinski definition) is 1. The maximum atomic E-state index is 5.84. The van der Waals surface area contributed by atoms with Crippen molar-refractivity contribution in [2.75, 3.05) is 25.0 Å². The fourth-order valence-corrected chi connectivity index (χ4v) is 2.84. The van der Waals surface area contributed by atoms with Crippen LogP contribution in [0.2, 0.25) is 0 Å². The summed E-state index contributed by atoms with van der Waals surface area (Å²) in [6.07, 6.45) is 8.13. The summed E-state index contributed by atoms with van der Waals surface area (Å²) in [6, 6.07) is 0. The minimum absolute atomic E-state index is 0.442. The zero-order valence-corrected chi connectivity index (χ0v) is 11.5. The third kappa shape index (κ3) is 3.22. The van der Waals surface area contributed by atoms with Crippen LogP contribution in [-0.2, 0) is 11.3 Å². The van der Waals surface area contributed by atoms with Crippen LogP contribution in [0.25, 0.3) is 0 Å². The Hall–Kier alpha value is -1.20. The molecule has 1 aromatic heterocycles. The van der Waals surface area contributed by atoms with E-state index in [1.54, 1.807) is 0 Å². The van der Waals surface area contributed by atoms with Crippen LogP contribution in [0, 0.1) is 0 Å². The van der Waals surface area contributed by atoms with Crippen molar-refractivity contribution in [3.63, 3.8) is 0 Å². The average molecular weight is 262 g/mol. The van der Waals surface area contributed by atoms with E-state index in [1.807, 2.05) is 12.4 Å². The fraction of sp³-hybridized carbons (Fsp3) is 0.714. The number of morpholine rings is 1. The van der Waals surface area contributed by atoms with E-state index in [1.165, 1.54) is 12.8 Å². The highest BCUT2D eigenvalue weighted by atomic mass is 16.5. The molecule has 3 heterocycles. The lowest BCUT2D eigenvalue weighted by Gasteiger charge is -2.31. The highest BCUT2D eigenvalue weighted by Crippen LogP contribution is 2.26. The van der Waals surface area contributed by atoms with Gasteiger partial charge >= 0.3 is 0 Å². The van der Waals surface area contributed by atoms with Crippen molar-refractivity contribution in [3.8, 4) is 0 Å². The standard InChI is InChI=1S/C14H22N4O/c1-2-5-15-14-7-16-11(6-17-14)8-18-9-12-3-4-13(10-18)19-12/h6-7,12-13H,2-5,8-10H2,1H3,(H,15,17). The molecule has 104 valence electrons. The summed E-state index contributed by atoms with van der Waals surface area (Å²) in [6.45, 7) is 6.04. The fourth-order valence-electron chi connectivity index (χ4n) is 2.84. The van der Waals surface area contributed by atoms with Crippen molar-refractivity contribution in [1.29, 1.82) is 0 Å². The first-order chi connectivity index (χ1) is 9.33. The van der Waals surface area contributed by atoms with Gasteiger partial charge in [0.15, 0.2) is 0 Å². The van der Waals surface area contributed by atoms with E-state index < -0.39 is 0 Å². The first-order valence-electron chi connectivity index (χ1n) is 7.26. The van der Waals surface area contributed by atoms with Gasteiger partial charge in [-0.2, -0.15) is 0 Å². The highest BCUT2D eigenvalue weighted by molar-refractivity contribution is 5.30. The lowest BCUT2D eigenvalue weighted by molar-refractivity contribution is -0.0414. The van der Waals surface area contributed by atoms with Crippen LogP contribution >= 0.6 is 0 Å². The summed E-state index contributed by atoms with van der Waals surface area (Å²) in [4.78, 5) is 11.3. The highest BCUT2D eigenvalue weighted by Gasteiger charge is 2.33. The van der Waals surface area contributed by atoms with Crippen molar-refractivity contribution in [2.24, 2.45) is 0 Å². The summed E-state index contributed by atoms with van der Waals surface area (Å²) in [5.74, 6) is 0.868. The van der Waals surface area contributed by atoms with Crippen LogP contribution in [-0.4, -0.2) is 46.7 Å². The molecule has 5 nitrogen and oxygen atoms in total. The molecule has 0 saturated carbocycles. The Labute approximate surface area is 114 Å². The summed E-state index contributed by atoms with van der Waals surface area (Å²) >= 11 is 0. The van der Waals surface area contributed by atoms with Gasteiger partial charge in [0.1, 0.15) is 5.82 Å². The van der Waals surface area contributed by atoms with Crippen LogP contribution in [0.15, 0.2) is 12.4 Å². The number of fused-ring (bicyclic) bond motifs is 2. The quantitative estimate of drug-likeness (QED) is 0.874. The Morgan fingerprint density at radius 3 is 2.68 bits per heavy atom. The minimum Gasteiger partial charge on any atom is -0.372 e. The maximum absolute atomic E-state index is 5.84. The number of likely N-dealkylation sites (tertiary alicyclic amines) is 1. The summed E-state index contributed by atoms with van der Waals surface area (Å²) in [5.41, 5.74) is 1.04. The van der Waals surface area contributed by atoms with Crippen molar-refractivity contribution < 1.29 is 4.74 Å². The van der Waals surface area contributed by atoms with Gasteiger partial charge in [-0.15, -0.1) is 0 Å².